The number of aromatic nitrogens is 1. The van der Waals surface area contributed by atoms with Gasteiger partial charge in [0.1, 0.15) is 11.6 Å². The van der Waals surface area contributed by atoms with Crippen molar-refractivity contribution < 1.29 is 4.74 Å². The van der Waals surface area contributed by atoms with Crippen LogP contribution in [0.1, 0.15) is 18.9 Å². The molecule has 0 amide bonds. The van der Waals surface area contributed by atoms with Gasteiger partial charge in [-0.25, -0.2) is 0 Å². The number of aryl methyl sites for hydroxylation is 1. The molecule has 0 aliphatic heterocycles. The molecule has 1 aromatic heterocycles. The highest BCUT2D eigenvalue weighted by Gasteiger charge is 2.04. The van der Waals surface area contributed by atoms with Gasteiger partial charge in [0.2, 0.25) is 5.88 Å². The third-order valence-corrected chi connectivity index (χ3v) is 2.88. The van der Waals surface area contributed by atoms with E-state index in [1.807, 2.05) is 37.3 Å². The number of benzene rings is 1. The second kappa shape index (κ2) is 6.43. The smallest absolute Gasteiger partial charge is 0.221 e. The SMILES string of the molecule is CCCNc1cccc(Oc2cc(Cl)ccc2C)n1. The molecule has 19 heavy (non-hydrogen) atoms. The highest BCUT2D eigenvalue weighted by molar-refractivity contribution is 6.30. The van der Waals surface area contributed by atoms with Gasteiger partial charge >= 0.3 is 0 Å². The number of ether oxygens (including phenoxy) is 1. The molecule has 0 aliphatic carbocycles. The lowest BCUT2D eigenvalue weighted by atomic mass is 10.2. The van der Waals surface area contributed by atoms with Crippen LogP contribution in [0, 0.1) is 6.92 Å². The molecule has 0 fully saturated rings. The minimum absolute atomic E-state index is 0.562. The zero-order chi connectivity index (χ0) is 13.7. The molecular weight excluding hydrogens is 260 g/mol. The Morgan fingerprint density at radius 1 is 1.26 bits per heavy atom. The first kappa shape index (κ1) is 13.7. The van der Waals surface area contributed by atoms with Crippen molar-refractivity contribution in [2.75, 3.05) is 11.9 Å². The molecule has 1 aromatic carbocycles. The maximum Gasteiger partial charge on any atom is 0.221 e. The van der Waals surface area contributed by atoms with Crippen LogP contribution < -0.4 is 10.1 Å². The Kier molecular flexibility index (Phi) is 4.63. The van der Waals surface area contributed by atoms with Gasteiger partial charge in [-0.1, -0.05) is 30.7 Å². The Labute approximate surface area is 118 Å². The van der Waals surface area contributed by atoms with E-state index in [4.69, 9.17) is 16.3 Å². The number of nitrogens with zero attached hydrogens (tertiary/aromatic N) is 1. The van der Waals surface area contributed by atoms with E-state index in [9.17, 15) is 0 Å². The minimum Gasteiger partial charge on any atom is -0.439 e. The monoisotopic (exact) mass is 276 g/mol. The minimum atomic E-state index is 0.562. The molecule has 0 aliphatic rings. The van der Waals surface area contributed by atoms with Crippen LogP contribution in [0.4, 0.5) is 5.82 Å². The first-order chi connectivity index (χ1) is 9.19. The van der Waals surface area contributed by atoms with Gasteiger partial charge in [0, 0.05) is 17.6 Å². The number of nitrogens with one attached hydrogen (secondary N) is 1. The fourth-order valence-electron chi connectivity index (χ4n) is 1.62. The van der Waals surface area contributed by atoms with Crippen LogP contribution >= 0.6 is 11.6 Å². The van der Waals surface area contributed by atoms with E-state index in [1.54, 1.807) is 6.07 Å². The van der Waals surface area contributed by atoms with Crippen LogP contribution in [-0.4, -0.2) is 11.5 Å². The molecular formula is C15H17ClN2O. The topological polar surface area (TPSA) is 34.1 Å². The van der Waals surface area contributed by atoms with Gasteiger partial charge < -0.3 is 10.1 Å². The molecule has 100 valence electrons. The van der Waals surface area contributed by atoms with Gasteiger partial charge in [-0.05, 0) is 37.1 Å². The Morgan fingerprint density at radius 3 is 2.89 bits per heavy atom. The van der Waals surface area contributed by atoms with Crippen molar-refractivity contribution in [2.45, 2.75) is 20.3 Å². The number of hydrogen-bond acceptors (Lipinski definition) is 3. The summed E-state index contributed by atoms with van der Waals surface area (Å²) in [5, 5.41) is 3.88. The molecule has 0 spiro atoms. The lowest BCUT2D eigenvalue weighted by Crippen LogP contribution is -2.02. The van der Waals surface area contributed by atoms with E-state index >= 15 is 0 Å². The van der Waals surface area contributed by atoms with E-state index in [2.05, 4.69) is 17.2 Å². The van der Waals surface area contributed by atoms with Crippen LogP contribution in [-0.2, 0) is 0 Å². The Hall–Kier alpha value is -1.74. The summed E-state index contributed by atoms with van der Waals surface area (Å²) in [6.45, 7) is 4.99. The molecule has 2 aromatic rings. The van der Waals surface area contributed by atoms with Crippen molar-refractivity contribution in [2.24, 2.45) is 0 Å². The molecule has 0 saturated heterocycles. The Balaban J connectivity index is 2.16. The van der Waals surface area contributed by atoms with Gasteiger partial charge in [0.15, 0.2) is 0 Å². The molecule has 3 nitrogen and oxygen atoms in total. The normalized spacial score (nSPS) is 10.3. The van der Waals surface area contributed by atoms with Crippen molar-refractivity contribution in [3.05, 3.63) is 47.0 Å². The molecule has 1 N–H and O–H groups in total. The van der Waals surface area contributed by atoms with E-state index in [-0.39, 0.29) is 0 Å². The van der Waals surface area contributed by atoms with Crippen molar-refractivity contribution in [1.29, 1.82) is 0 Å². The Morgan fingerprint density at radius 2 is 2.11 bits per heavy atom. The van der Waals surface area contributed by atoms with Gasteiger partial charge in [-0.2, -0.15) is 4.98 Å². The quantitative estimate of drug-likeness (QED) is 0.862. The summed E-state index contributed by atoms with van der Waals surface area (Å²) in [5.41, 5.74) is 1.03. The molecule has 0 atom stereocenters. The fraction of sp³-hybridized carbons (Fsp3) is 0.267. The molecule has 1 heterocycles. The second-order valence-corrected chi connectivity index (χ2v) is 4.74. The number of halogens is 1. The summed E-state index contributed by atoms with van der Waals surface area (Å²) >= 11 is 5.97. The number of anilines is 1. The average molecular weight is 277 g/mol. The van der Waals surface area contributed by atoms with Crippen molar-refractivity contribution >= 4 is 17.4 Å². The van der Waals surface area contributed by atoms with E-state index in [1.165, 1.54) is 0 Å². The maximum absolute atomic E-state index is 5.97. The predicted octanol–water partition coefficient (Wildman–Crippen LogP) is 4.66. The molecule has 0 unspecified atom stereocenters. The van der Waals surface area contributed by atoms with Crippen LogP contribution in [0.5, 0.6) is 11.6 Å². The van der Waals surface area contributed by atoms with Crippen LogP contribution in [0.25, 0.3) is 0 Å². The number of hydrogen-bond donors (Lipinski definition) is 1. The van der Waals surface area contributed by atoms with Crippen molar-refractivity contribution in [3.63, 3.8) is 0 Å². The Bertz CT molecular complexity index is 558. The summed E-state index contributed by atoms with van der Waals surface area (Å²) in [6, 6.07) is 11.2. The molecule has 0 saturated carbocycles. The van der Waals surface area contributed by atoms with Gasteiger partial charge in [0.05, 0.1) is 0 Å². The molecule has 0 radical (unpaired) electrons. The lowest BCUT2D eigenvalue weighted by molar-refractivity contribution is 0.460. The summed E-state index contributed by atoms with van der Waals surface area (Å²) < 4.78 is 5.78. The van der Waals surface area contributed by atoms with E-state index < -0.39 is 0 Å². The number of pyridine rings is 1. The third kappa shape index (κ3) is 3.86. The van der Waals surface area contributed by atoms with E-state index in [0.29, 0.717) is 10.9 Å². The highest BCUT2D eigenvalue weighted by Crippen LogP contribution is 2.27. The first-order valence-corrected chi connectivity index (χ1v) is 6.72. The zero-order valence-electron chi connectivity index (χ0n) is 11.1. The molecule has 0 bridgehead atoms. The van der Waals surface area contributed by atoms with Gasteiger partial charge in [-0.15, -0.1) is 0 Å². The van der Waals surface area contributed by atoms with E-state index in [0.717, 1.165) is 30.1 Å². The summed E-state index contributed by atoms with van der Waals surface area (Å²) in [5.74, 6) is 2.11. The molecule has 4 heteroatoms. The van der Waals surface area contributed by atoms with Crippen molar-refractivity contribution in [3.8, 4) is 11.6 Å². The van der Waals surface area contributed by atoms with Gasteiger partial charge in [-0.3, -0.25) is 0 Å². The standard InChI is InChI=1S/C15H17ClN2O/c1-3-9-17-14-5-4-6-15(18-14)19-13-10-12(16)8-7-11(13)2/h4-8,10H,3,9H2,1-2H3,(H,17,18). The number of rotatable bonds is 5. The first-order valence-electron chi connectivity index (χ1n) is 6.34. The fourth-order valence-corrected chi connectivity index (χ4v) is 1.78. The van der Waals surface area contributed by atoms with Crippen LogP contribution in [0.3, 0.4) is 0 Å². The molecule has 2 rings (SSSR count). The summed E-state index contributed by atoms with van der Waals surface area (Å²) in [7, 11) is 0. The summed E-state index contributed by atoms with van der Waals surface area (Å²) in [4.78, 5) is 4.40. The van der Waals surface area contributed by atoms with Crippen molar-refractivity contribution in [1.82, 2.24) is 4.98 Å². The predicted molar refractivity (Wildman–Crippen MR) is 79.3 cm³/mol. The largest absolute Gasteiger partial charge is 0.439 e. The zero-order valence-corrected chi connectivity index (χ0v) is 11.9. The lowest BCUT2D eigenvalue weighted by Gasteiger charge is -2.10. The average Bonchev–Trinajstić information content (AvgIpc) is 2.41. The maximum atomic E-state index is 5.97. The summed E-state index contributed by atoms with van der Waals surface area (Å²) in [6.07, 6.45) is 1.06. The highest BCUT2D eigenvalue weighted by atomic mass is 35.5. The second-order valence-electron chi connectivity index (χ2n) is 4.30. The van der Waals surface area contributed by atoms with Crippen LogP contribution in [0.15, 0.2) is 36.4 Å². The third-order valence-electron chi connectivity index (χ3n) is 2.64. The van der Waals surface area contributed by atoms with Crippen LogP contribution in [0.2, 0.25) is 5.02 Å². The van der Waals surface area contributed by atoms with Gasteiger partial charge in [0.25, 0.3) is 0 Å².